The lowest BCUT2D eigenvalue weighted by molar-refractivity contribution is -0.170. The molecule has 1 aliphatic carbocycles. The summed E-state index contributed by atoms with van der Waals surface area (Å²) < 4.78 is 54.2. The minimum Gasteiger partial charge on any atom is -0.464 e. The molecule has 178 valence electrons. The minimum absolute atomic E-state index is 0.0113. The average molecular weight is 485 g/mol. The lowest BCUT2D eigenvalue weighted by atomic mass is 9.90. The zero-order valence-electron chi connectivity index (χ0n) is 18.6. The van der Waals surface area contributed by atoms with Gasteiger partial charge in [0.1, 0.15) is 22.9 Å². The van der Waals surface area contributed by atoms with Crippen LogP contribution in [-0.2, 0) is 19.6 Å². The molecular weight excluding hydrogens is 459 g/mol. The average Bonchev–Trinajstić information content (AvgIpc) is 3.57. The first-order valence-corrected chi connectivity index (χ1v) is 13.0. The zero-order chi connectivity index (χ0) is 23.5. The van der Waals surface area contributed by atoms with Gasteiger partial charge in [-0.2, -0.15) is 4.31 Å². The third kappa shape index (κ3) is 3.72. The molecule has 34 heavy (non-hydrogen) atoms. The van der Waals surface area contributed by atoms with E-state index in [1.807, 2.05) is 29.2 Å². The highest BCUT2D eigenvalue weighted by atomic mass is 32.2. The summed E-state index contributed by atoms with van der Waals surface area (Å²) in [5, 5.41) is 0.892. The Morgan fingerprint density at radius 1 is 1.00 bits per heavy atom. The molecule has 9 heteroatoms. The van der Waals surface area contributed by atoms with Gasteiger partial charge in [-0.25, -0.2) is 12.8 Å². The minimum atomic E-state index is -3.99. The molecule has 0 radical (unpaired) electrons. The predicted octanol–water partition coefficient (Wildman–Crippen LogP) is 3.78. The van der Waals surface area contributed by atoms with Crippen LogP contribution in [0.5, 0.6) is 0 Å². The maximum atomic E-state index is 15.1. The SMILES string of the molecule is O=C1COC2(CCN(S(=O)(=O)c3ccc(-c4ccc5occc5c4)cc3F)CC2)CN1C1CC1. The Kier molecular flexibility index (Phi) is 5.05. The van der Waals surface area contributed by atoms with E-state index in [2.05, 4.69) is 0 Å². The number of sulfonamides is 1. The Hall–Kier alpha value is -2.75. The van der Waals surface area contributed by atoms with Crippen molar-refractivity contribution in [3.05, 3.63) is 54.5 Å². The molecule has 2 saturated heterocycles. The van der Waals surface area contributed by atoms with Crippen LogP contribution in [-0.4, -0.2) is 61.4 Å². The summed E-state index contributed by atoms with van der Waals surface area (Å²) >= 11 is 0. The molecule has 3 fully saturated rings. The van der Waals surface area contributed by atoms with E-state index >= 15 is 4.39 Å². The van der Waals surface area contributed by atoms with E-state index < -0.39 is 21.4 Å². The summed E-state index contributed by atoms with van der Waals surface area (Å²) in [4.78, 5) is 13.7. The molecule has 0 unspecified atom stereocenters. The fourth-order valence-electron chi connectivity index (χ4n) is 5.07. The van der Waals surface area contributed by atoms with Crippen LogP contribution in [0.3, 0.4) is 0 Å². The van der Waals surface area contributed by atoms with Gasteiger partial charge < -0.3 is 14.1 Å². The van der Waals surface area contributed by atoms with Crippen molar-refractivity contribution in [2.24, 2.45) is 0 Å². The number of amides is 1. The van der Waals surface area contributed by atoms with Crippen molar-refractivity contribution in [3.63, 3.8) is 0 Å². The molecule has 1 amide bonds. The number of furan rings is 1. The maximum absolute atomic E-state index is 15.1. The normalized spacial score (nSPS) is 21.4. The summed E-state index contributed by atoms with van der Waals surface area (Å²) in [6.45, 7) is 1.01. The van der Waals surface area contributed by atoms with Crippen molar-refractivity contribution in [1.29, 1.82) is 0 Å². The first-order valence-electron chi connectivity index (χ1n) is 11.6. The number of rotatable bonds is 4. The molecule has 2 aliphatic heterocycles. The number of hydrogen-bond donors (Lipinski definition) is 0. The molecule has 3 heterocycles. The molecule has 3 aromatic rings. The molecule has 0 N–H and O–H groups in total. The van der Waals surface area contributed by atoms with E-state index in [-0.39, 0.29) is 30.5 Å². The van der Waals surface area contributed by atoms with Gasteiger partial charge in [-0.05, 0) is 67.1 Å². The van der Waals surface area contributed by atoms with E-state index in [0.29, 0.717) is 31.0 Å². The molecule has 1 saturated carbocycles. The van der Waals surface area contributed by atoms with Crippen LogP contribution in [0.2, 0.25) is 0 Å². The van der Waals surface area contributed by atoms with Crippen LogP contribution in [0, 0.1) is 5.82 Å². The van der Waals surface area contributed by atoms with Crippen LogP contribution < -0.4 is 0 Å². The number of fused-ring (bicyclic) bond motifs is 1. The number of piperidine rings is 1. The number of ether oxygens (including phenoxy) is 1. The van der Waals surface area contributed by atoms with Gasteiger partial charge in [-0.3, -0.25) is 4.79 Å². The Morgan fingerprint density at radius 3 is 2.47 bits per heavy atom. The third-order valence-electron chi connectivity index (χ3n) is 7.24. The maximum Gasteiger partial charge on any atom is 0.248 e. The fraction of sp³-hybridized carbons (Fsp3) is 0.400. The molecule has 1 aromatic heterocycles. The second kappa shape index (κ2) is 7.90. The zero-order valence-corrected chi connectivity index (χ0v) is 19.4. The van der Waals surface area contributed by atoms with E-state index in [1.54, 1.807) is 12.3 Å². The number of carbonyl (C=O) groups excluding carboxylic acids is 1. The number of hydrogen-bond acceptors (Lipinski definition) is 5. The molecule has 7 nitrogen and oxygen atoms in total. The highest BCUT2D eigenvalue weighted by molar-refractivity contribution is 7.89. The molecule has 2 aromatic carbocycles. The van der Waals surface area contributed by atoms with Gasteiger partial charge >= 0.3 is 0 Å². The number of halogens is 1. The summed E-state index contributed by atoms with van der Waals surface area (Å²) in [7, 11) is -3.99. The molecule has 0 atom stereocenters. The van der Waals surface area contributed by atoms with Crippen molar-refractivity contribution >= 4 is 26.9 Å². The summed E-state index contributed by atoms with van der Waals surface area (Å²) in [5.41, 5.74) is 1.59. The van der Waals surface area contributed by atoms with Gasteiger partial charge in [0.05, 0.1) is 18.4 Å². The van der Waals surface area contributed by atoms with Gasteiger partial charge in [0.15, 0.2) is 0 Å². The van der Waals surface area contributed by atoms with Crippen LogP contribution in [0.4, 0.5) is 4.39 Å². The second-order valence-electron chi connectivity index (χ2n) is 9.45. The van der Waals surface area contributed by atoms with E-state index in [4.69, 9.17) is 9.15 Å². The second-order valence-corrected chi connectivity index (χ2v) is 11.4. The highest BCUT2D eigenvalue weighted by Gasteiger charge is 2.47. The Morgan fingerprint density at radius 2 is 1.74 bits per heavy atom. The van der Waals surface area contributed by atoms with Crippen molar-refractivity contribution in [3.8, 4) is 11.1 Å². The smallest absolute Gasteiger partial charge is 0.248 e. The van der Waals surface area contributed by atoms with Crippen LogP contribution in [0.15, 0.2) is 58.0 Å². The van der Waals surface area contributed by atoms with Crippen molar-refractivity contribution in [2.75, 3.05) is 26.2 Å². The van der Waals surface area contributed by atoms with Gasteiger partial charge in [-0.15, -0.1) is 0 Å². The number of nitrogens with zero attached hydrogens (tertiary/aromatic N) is 2. The Balaban J connectivity index is 1.20. The van der Waals surface area contributed by atoms with E-state index in [1.165, 1.54) is 16.4 Å². The third-order valence-corrected chi connectivity index (χ3v) is 9.17. The fourth-order valence-corrected chi connectivity index (χ4v) is 6.56. The molecule has 6 rings (SSSR count). The Bertz CT molecular complexity index is 1370. The first kappa shape index (κ1) is 21.8. The monoisotopic (exact) mass is 484 g/mol. The van der Waals surface area contributed by atoms with Gasteiger partial charge in [0.2, 0.25) is 15.9 Å². The van der Waals surface area contributed by atoms with Crippen molar-refractivity contribution in [2.45, 2.75) is 42.2 Å². The van der Waals surface area contributed by atoms with E-state index in [0.717, 1.165) is 29.4 Å². The summed E-state index contributed by atoms with van der Waals surface area (Å²) in [6.07, 6.45) is 4.59. The topological polar surface area (TPSA) is 80.1 Å². The van der Waals surface area contributed by atoms with Crippen molar-refractivity contribution in [1.82, 2.24) is 9.21 Å². The largest absolute Gasteiger partial charge is 0.464 e. The molecule has 0 bridgehead atoms. The molecule has 3 aliphatic rings. The van der Waals surface area contributed by atoms with Crippen LogP contribution in [0.1, 0.15) is 25.7 Å². The number of carbonyl (C=O) groups is 1. The lowest BCUT2D eigenvalue weighted by Gasteiger charge is -2.46. The van der Waals surface area contributed by atoms with Gasteiger partial charge in [0.25, 0.3) is 0 Å². The number of morpholine rings is 1. The highest BCUT2D eigenvalue weighted by Crippen LogP contribution is 2.37. The molecule has 1 spiro atoms. The predicted molar refractivity (Wildman–Crippen MR) is 123 cm³/mol. The van der Waals surface area contributed by atoms with Gasteiger partial charge in [-0.1, -0.05) is 12.1 Å². The summed E-state index contributed by atoms with van der Waals surface area (Å²) in [6, 6.07) is 11.9. The van der Waals surface area contributed by atoms with Crippen LogP contribution >= 0.6 is 0 Å². The lowest BCUT2D eigenvalue weighted by Crippen LogP contribution is -2.59. The molecular formula is C25H25FN2O5S. The van der Waals surface area contributed by atoms with Gasteiger partial charge in [0, 0.05) is 24.5 Å². The van der Waals surface area contributed by atoms with Crippen LogP contribution in [0.25, 0.3) is 22.1 Å². The summed E-state index contributed by atoms with van der Waals surface area (Å²) in [5.74, 6) is -0.762. The quantitative estimate of drug-likeness (QED) is 0.563. The van der Waals surface area contributed by atoms with E-state index in [9.17, 15) is 13.2 Å². The Labute approximate surface area is 197 Å². The number of benzene rings is 2. The van der Waals surface area contributed by atoms with Crippen molar-refractivity contribution < 1.29 is 26.8 Å². The standard InChI is InChI=1S/C25H25FN2O5S/c26-21-14-18(17-1-5-22-19(13-17)7-12-32-22)2-6-23(21)34(30,31)27-10-8-25(9-11-27)16-28(20-3-4-20)24(29)15-33-25/h1-2,5-7,12-14,20H,3-4,8-11,15-16H2. The first-order chi connectivity index (χ1) is 16.3.